The van der Waals surface area contributed by atoms with Crippen LogP contribution >= 0.6 is 0 Å². The molecule has 0 aromatic heterocycles. The van der Waals surface area contributed by atoms with Gasteiger partial charge in [-0.1, -0.05) is 30.3 Å². The number of amides is 2. The number of hydrazone groups is 1. The van der Waals surface area contributed by atoms with Gasteiger partial charge in [-0.05, 0) is 31.2 Å². The van der Waals surface area contributed by atoms with Crippen LogP contribution in [0.1, 0.15) is 12.5 Å². The number of urea groups is 1. The van der Waals surface area contributed by atoms with Gasteiger partial charge in [0.25, 0.3) is 0 Å². The molecule has 0 radical (unpaired) electrons. The molecule has 102 valence electrons. The number of para-hydroxylation sites is 2. The molecule has 2 rings (SSSR count). The van der Waals surface area contributed by atoms with E-state index in [1.165, 1.54) is 0 Å². The molecule has 0 fully saturated rings. The number of rotatable bonds is 3. The number of carbonyl (C=O) groups excluding carboxylic acids is 1. The Morgan fingerprint density at radius 3 is 2.30 bits per heavy atom. The molecule has 0 saturated carbocycles. The topological polar surface area (TPSA) is 78.9 Å². The van der Waals surface area contributed by atoms with Gasteiger partial charge in [-0.2, -0.15) is 10.1 Å². The zero-order valence-corrected chi connectivity index (χ0v) is 11.0. The van der Waals surface area contributed by atoms with Crippen LogP contribution in [0.2, 0.25) is 0 Å². The molecule has 0 unspecified atom stereocenters. The largest absolute Gasteiger partial charge is 0.507 e. The van der Waals surface area contributed by atoms with Crippen molar-refractivity contribution >= 4 is 17.4 Å². The predicted octanol–water partition coefficient (Wildman–Crippen LogP) is 2.70. The highest BCUT2D eigenvalue weighted by Crippen LogP contribution is 2.19. The van der Waals surface area contributed by atoms with Crippen molar-refractivity contribution in [2.75, 3.05) is 5.01 Å². The highest BCUT2D eigenvalue weighted by atomic mass is 16.3. The van der Waals surface area contributed by atoms with Gasteiger partial charge in [-0.25, -0.2) is 4.79 Å². The summed E-state index contributed by atoms with van der Waals surface area (Å²) in [7, 11) is 0. The lowest BCUT2D eigenvalue weighted by Crippen LogP contribution is -2.32. The van der Waals surface area contributed by atoms with Crippen molar-refractivity contribution in [2.24, 2.45) is 10.8 Å². The van der Waals surface area contributed by atoms with Crippen LogP contribution in [0.5, 0.6) is 5.75 Å². The van der Waals surface area contributed by atoms with Gasteiger partial charge in [-0.15, -0.1) is 0 Å². The summed E-state index contributed by atoms with van der Waals surface area (Å²) in [6.07, 6.45) is 0. The molecular weight excluding hydrogens is 254 g/mol. The molecule has 2 aromatic rings. The first-order valence-corrected chi connectivity index (χ1v) is 6.08. The van der Waals surface area contributed by atoms with Crippen molar-refractivity contribution < 1.29 is 9.90 Å². The SMILES string of the molecule is CC(=NN(C(N)=O)c1ccccc1)c1ccccc1O. The lowest BCUT2D eigenvalue weighted by molar-refractivity contribution is 0.254. The molecule has 0 bridgehead atoms. The van der Waals surface area contributed by atoms with Gasteiger partial charge < -0.3 is 10.8 Å². The van der Waals surface area contributed by atoms with Crippen molar-refractivity contribution in [1.82, 2.24) is 0 Å². The van der Waals surface area contributed by atoms with Gasteiger partial charge in [0, 0.05) is 5.56 Å². The first kappa shape index (κ1) is 13.6. The molecular formula is C15H15N3O2. The number of carbonyl (C=O) groups is 1. The van der Waals surface area contributed by atoms with E-state index < -0.39 is 6.03 Å². The molecule has 2 aromatic carbocycles. The fourth-order valence-electron chi connectivity index (χ4n) is 1.79. The first-order chi connectivity index (χ1) is 9.59. The van der Waals surface area contributed by atoms with Gasteiger partial charge in [0.05, 0.1) is 11.4 Å². The smallest absolute Gasteiger partial charge is 0.340 e. The van der Waals surface area contributed by atoms with Crippen molar-refractivity contribution in [3.8, 4) is 5.75 Å². The van der Waals surface area contributed by atoms with Crippen molar-refractivity contribution in [1.29, 1.82) is 0 Å². The fraction of sp³-hybridized carbons (Fsp3) is 0.0667. The number of benzene rings is 2. The number of hydrogen-bond acceptors (Lipinski definition) is 3. The molecule has 0 aliphatic heterocycles. The molecule has 0 spiro atoms. The van der Waals surface area contributed by atoms with E-state index in [1.807, 2.05) is 6.07 Å². The summed E-state index contributed by atoms with van der Waals surface area (Å²) in [5.41, 5.74) is 6.96. The third-order valence-corrected chi connectivity index (χ3v) is 2.75. The van der Waals surface area contributed by atoms with Crippen molar-refractivity contribution in [2.45, 2.75) is 6.92 Å². The second-order valence-electron chi connectivity index (χ2n) is 4.19. The Balaban J connectivity index is 2.40. The van der Waals surface area contributed by atoms with Crippen LogP contribution in [-0.2, 0) is 0 Å². The van der Waals surface area contributed by atoms with E-state index in [0.29, 0.717) is 17.0 Å². The average molecular weight is 269 g/mol. The Bertz CT molecular complexity index is 639. The Labute approximate surface area is 117 Å². The molecule has 5 nitrogen and oxygen atoms in total. The number of phenols is 1. The number of phenolic OH excluding ortho intramolecular Hbond substituents is 1. The summed E-state index contributed by atoms with van der Waals surface area (Å²) in [6.45, 7) is 1.70. The number of nitrogens with zero attached hydrogens (tertiary/aromatic N) is 2. The Morgan fingerprint density at radius 2 is 1.70 bits per heavy atom. The fourth-order valence-corrected chi connectivity index (χ4v) is 1.79. The summed E-state index contributed by atoms with van der Waals surface area (Å²) < 4.78 is 0. The number of anilines is 1. The Kier molecular flexibility index (Phi) is 4.00. The zero-order chi connectivity index (χ0) is 14.5. The number of hydrogen-bond donors (Lipinski definition) is 2. The van der Waals surface area contributed by atoms with E-state index in [4.69, 9.17) is 5.73 Å². The summed E-state index contributed by atoms with van der Waals surface area (Å²) in [4.78, 5) is 11.5. The predicted molar refractivity (Wildman–Crippen MR) is 78.8 cm³/mol. The van der Waals surface area contributed by atoms with Crippen LogP contribution in [0, 0.1) is 0 Å². The molecule has 3 N–H and O–H groups in total. The van der Waals surface area contributed by atoms with E-state index in [0.717, 1.165) is 5.01 Å². The lowest BCUT2D eigenvalue weighted by atomic mass is 10.1. The Hall–Kier alpha value is -2.82. The van der Waals surface area contributed by atoms with E-state index >= 15 is 0 Å². The van der Waals surface area contributed by atoms with Gasteiger partial charge in [-0.3, -0.25) is 0 Å². The summed E-state index contributed by atoms with van der Waals surface area (Å²) in [5.74, 6) is 0.103. The molecule has 0 heterocycles. The minimum atomic E-state index is -0.689. The molecule has 20 heavy (non-hydrogen) atoms. The molecule has 2 amide bonds. The van der Waals surface area contributed by atoms with Gasteiger partial charge >= 0.3 is 6.03 Å². The van der Waals surface area contributed by atoms with Gasteiger partial charge in [0.15, 0.2) is 0 Å². The monoisotopic (exact) mass is 269 g/mol. The van der Waals surface area contributed by atoms with Crippen LogP contribution in [0.15, 0.2) is 59.7 Å². The van der Waals surface area contributed by atoms with Crippen LogP contribution in [-0.4, -0.2) is 16.8 Å². The minimum absolute atomic E-state index is 0.103. The second-order valence-corrected chi connectivity index (χ2v) is 4.19. The highest BCUT2D eigenvalue weighted by molar-refractivity contribution is 6.03. The van der Waals surface area contributed by atoms with E-state index in [1.54, 1.807) is 55.5 Å². The standard InChI is InChI=1S/C15H15N3O2/c1-11(13-9-5-6-10-14(13)19)17-18(15(16)20)12-7-3-2-4-8-12/h2-10,19H,1H3,(H2,16,20). The summed E-state index contributed by atoms with van der Waals surface area (Å²) in [6, 6.07) is 15.0. The summed E-state index contributed by atoms with van der Waals surface area (Å²) >= 11 is 0. The normalized spacial score (nSPS) is 11.2. The first-order valence-electron chi connectivity index (χ1n) is 6.08. The minimum Gasteiger partial charge on any atom is -0.507 e. The molecule has 0 aliphatic rings. The number of nitrogens with two attached hydrogens (primary N) is 1. The molecule has 0 atom stereocenters. The van der Waals surface area contributed by atoms with Crippen molar-refractivity contribution in [3.05, 3.63) is 60.2 Å². The van der Waals surface area contributed by atoms with Gasteiger partial charge in [0.2, 0.25) is 0 Å². The summed E-state index contributed by atoms with van der Waals surface area (Å²) in [5, 5.41) is 15.1. The van der Waals surface area contributed by atoms with Crippen LogP contribution in [0.3, 0.4) is 0 Å². The highest BCUT2D eigenvalue weighted by Gasteiger charge is 2.12. The van der Waals surface area contributed by atoms with E-state index in [9.17, 15) is 9.90 Å². The van der Waals surface area contributed by atoms with Crippen LogP contribution in [0.25, 0.3) is 0 Å². The molecule has 0 saturated heterocycles. The maximum atomic E-state index is 11.5. The quantitative estimate of drug-likeness (QED) is 0.663. The third-order valence-electron chi connectivity index (χ3n) is 2.75. The van der Waals surface area contributed by atoms with Crippen LogP contribution < -0.4 is 10.7 Å². The molecule has 5 heteroatoms. The maximum Gasteiger partial charge on any atom is 0.340 e. The number of primary amides is 1. The van der Waals surface area contributed by atoms with E-state index in [2.05, 4.69) is 5.10 Å². The van der Waals surface area contributed by atoms with Crippen molar-refractivity contribution in [3.63, 3.8) is 0 Å². The Morgan fingerprint density at radius 1 is 1.10 bits per heavy atom. The number of aromatic hydroxyl groups is 1. The lowest BCUT2D eigenvalue weighted by Gasteiger charge is -2.16. The maximum absolute atomic E-state index is 11.5. The average Bonchev–Trinajstić information content (AvgIpc) is 2.45. The van der Waals surface area contributed by atoms with Crippen LogP contribution in [0.4, 0.5) is 10.5 Å². The third kappa shape index (κ3) is 2.95. The van der Waals surface area contributed by atoms with Gasteiger partial charge in [0.1, 0.15) is 5.75 Å². The molecule has 0 aliphatic carbocycles. The van der Waals surface area contributed by atoms with E-state index in [-0.39, 0.29) is 5.75 Å². The second kappa shape index (κ2) is 5.88. The zero-order valence-electron chi connectivity index (χ0n) is 11.0.